The van der Waals surface area contributed by atoms with Gasteiger partial charge in [0.15, 0.2) is 10.5 Å². The average molecular weight is 275 g/mol. The number of halogens is 1. The van der Waals surface area contributed by atoms with Crippen molar-refractivity contribution in [1.29, 1.82) is 0 Å². The van der Waals surface area contributed by atoms with Gasteiger partial charge in [-0.3, -0.25) is 10.1 Å². The van der Waals surface area contributed by atoms with Gasteiger partial charge in [-0.1, -0.05) is 43.0 Å². The number of thioether (sulfide) groups is 1. The van der Waals surface area contributed by atoms with Crippen LogP contribution in [0.3, 0.4) is 0 Å². The van der Waals surface area contributed by atoms with E-state index in [-0.39, 0.29) is 5.92 Å². The lowest BCUT2D eigenvalue weighted by atomic mass is 10.1. The van der Waals surface area contributed by atoms with Crippen molar-refractivity contribution in [3.63, 3.8) is 0 Å². The quantitative estimate of drug-likeness (QED) is 0.493. The van der Waals surface area contributed by atoms with E-state index in [1.807, 2.05) is 0 Å². The number of nitrogens with zero attached hydrogens (tertiary/aromatic N) is 2. The molecule has 1 rings (SSSR count). The molecule has 94 valence electrons. The minimum absolute atomic E-state index is 0.324. The zero-order chi connectivity index (χ0) is 12.8. The molecule has 1 atom stereocenters. The molecule has 17 heavy (non-hydrogen) atoms. The first-order chi connectivity index (χ1) is 8.04. The number of nitrogens with one attached hydrogen (secondary N) is 1. The van der Waals surface area contributed by atoms with Crippen LogP contribution < -0.4 is 5.32 Å². The first kappa shape index (κ1) is 14.1. The van der Waals surface area contributed by atoms with Crippen molar-refractivity contribution < 1.29 is 9.18 Å². The molecule has 1 amide bonds. The molecule has 0 fully saturated rings. The summed E-state index contributed by atoms with van der Waals surface area (Å²) in [5.74, 6) is -0.297. The van der Waals surface area contributed by atoms with Crippen LogP contribution in [0, 0.1) is 5.92 Å². The molecule has 0 aromatic carbocycles. The number of carbonyl (C=O) groups excluding carboxylic acids is 1. The highest BCUT2D eigenvalue weighted by molar-refractivity contribution is 8.01. The molecule has 1 heterocycles. The summed E-state index contributed by atoms with van der Waals surface area (Å²) in [4.78, 5) is 11.4. The lowest BCUT2D eigenvalue weighted by molar-refractivity contribution is -0.122. The summed E-state index contributed by atoms with van der Waals surface area (Å²) in [6.07, 6.45) is 0.226. The van der Waals surface area contributed by atoms with Crippen molar-refractivity contribution in [3.05, 3.63) is 12.7 Å². The van der Waals surface area contributed by atoms with Crippen LogP contribution in [0.2, 0.25) is 0 Å². The number of aromatic nitrogens is 2. The van der Waals surface area contributed by atoms with Gasteiger partial charge >= 0.3 is 0 Å². The Morgan fingerprint density at radius 3 is 2.94 bits per heavy atom. The van der Waals surface area contributed by atoms with E-state index in [2.05, 4.69) is 22.1 Å². The Morgan fingerprint density at radius 1 is 1.65 bits per heavy atom. The summed E-state index contributed by atoms with van der Waals surface area (Å²) < 4.78 is 14.1. The van der Waals surface area contributed by atoms with Crippen molar-refractivity contribution in [2.45, 2.75) is 24.4 Å². The molecule has 0 saturated carbocycles. The molecule has 0 radical (unpaired) electrons. The minimum atomic E-state index is -1.52. The predicted molar refractivity (Wildman–Crippen MR) is 69.2 cm³/mol. The number of alkyl halides is 1. The smallest absolute Gasteiger partial charge is 0.261 e. The Hall–Kier alpha value is -0.950. The third-order valence-electron chi connectivity index (χ3n) is 1.80. The molecule has 0 aliphatic rings. The highest BCUT2D eigenvalue weighted by atomic mass is 32.2. The Balaban J connectivity index is 2.54. The van der Waals surface area contributed by atoms with E-state index in [0.717, 1.165) is 10.1 Å². The van der Waals surface area contributed by atoms with Gasteiger partial charge in [0, 0.05) is 5.75 Å². The highest BCUT2D eigenvalue weighted by Gasteiger charge is 2.22. The fraction of sp³-hybridized carbons (Fsp3) is 0.500. The second kappa shape index (κ2) is 6.70. The third kappa shape index (κ3) is 4.43. The molecule has 0 saturated heterocycles. The molecule has 0 bridgehead atoms. The number of amides is 1. The van der Waals surface area contributed by atoms with Crippen molar-refractivity contribution in [3.8, 4) is 0 Å². The summed E-state index contributed by atoms with van der Waals surface area (Å²) in [6, 6.07) is 0. The van der Waals surface area contributed by atoms with Crippen LogP contribution in [0.4, 0.5) is 9.52 Å². The zero-order valence-electron chi connectivity index (χ0n) is 9.64. The fourth-order valence-corrected chi connectivity index (χ4v) is 2.44. The number of anilines is 1. The second-order valence-electron chi connectivity index (χ2n) is 3.61. The summed E-state index contributed by atoms with van der Waals surface area (Å²) >= 11 is 2.69. The van der Waals surface area contributed by atoms with Gasteiger partial charge in [0.25, 0.3) is 5.91 Å². The van der Waals surface area contributed by atoms with Gasteiger partial charge in [0.2, 0.25) is 5.13 Å². The summed E-state index contributed by atoms with van der Waals surface area (Å²) in [5.41, 5.74) is 0. The Morgan fingerprint density at radius 2 is 2.35 bits per heavy atom. The zero-order valence-corrected chi connectivity index (χ0v) is 11.3. The Labute approximate surface area is 108 Å². The maximum absolute atomic E-state index is 13.3. The second-order valence-corrected chi connectivity index (χ2v) is 5.85. The first-order valence-corrected chi connectivity index (χ1v) is 6.87. The molecule has 0 aliphatic heterocycles. The summed E-state index contributed by atoms with van der Waals surface area (Å²) in [6.45, 7) is 6.89. The van der Waals surface area contributed by atoms with Crippen LogP contribution in [-0.4, -0.2) is 28.0 Å². The Bertz CT molecular complexity index is 395. The third-order valence-corrected chi connectivity index (χ3v) is 3.76. The molecule has 1 aromatic rings. The number of hydrogen-bond donors (Lipinski definition) is 1. The molecule has 0 spiro atoms. The van der Waals surface area contributed by atoms with Gasteiger partial charge < -0.3 is 0 Å². The van der Waals surface area contributed by atoms with Gasteiger partial charge in [-0.2, -0.15) is 0 Å². The predicted octanol–water partition coefficient (Wildman–Crippen LogP) is 2.75. The monoisotopic (exact) mass is 275 g/mol. The van der Waals surface area contributed by atoms with Gasteiger partial charge in [0.05, 0.1) is 0 Å². The topological polar surface area (TPSA) is 54.9 Å². The van der Waals surface area contributed by atoms with E-state index in [0.29, 0.717) is 5.13 Å². The van der Waals surface area contributed by atoms with E-state index in [1.54, 1.807) is 19.9 Å². The van der Waals surface area contributed by atoms with E-state index in [1.165, 1.54) is 23.1 Å². The van der Waals surface area contributed by atoms with Crippen LogP contribution in [0.25, 0.3) is 0 Å². The van der Waals surface area contributed by atoms with E-state index >= 15 is 0 Å². The SMILES string of the molecule is C=CCSc1nnc(NC(=O)C(F)C(C)C)s1. The van der Waals surface area contributed by atoms with Crippen molar-refractivity contribution in [1.82, 2.24) is 10.2 Å². The normalized spacial score (nSPS) is 12.5. The number of hydrogen-bond acceptors (Lipinski definition) is 5. The largest absolute Gasteiger partial charge is 0.298 e. The van der Waals surface area contributed by atoms with Gasteiger partial charge in [0.1, 0.15) is 0 Å². The number of rotatable bonds is 6. The van der Waals surface area contributed by atoms with Crippen molar-refractivity contribution in [2.75, 3.05) is 11.1 Å². The molecule has 1 aromatic heterocycles. The van der Waals surface area contributed by atoms with Crippen LogP contribution in [0.1, 0.15) is 13.8 Å². The van der Waals surface area contributed by atoms with Crippen LogP contribution in [-0.2, 0) is 4.79 Å². The average Bonchev–Trinajstić information content (AvgIpc) is 2.72. The van der Waals surface area contributed by atoms with Crippen LogP contribution in [0.15, 0.2) is 17.0 Å². The van der Waals surface area contributed by atoms with Crippen LogP contribution in [0.5, 0.6) is 0 Å². The van der Waals surface area contributed by atoms with E-state index in [4.69, 9.17) is 0 Å². The molecule has 1 N–H and O–H groups in total. The van der Waals surface area contributed by atoms with Gasteiger partial charge in [-0.25, -0.2) is 4.39 Å². The summed E-state index contributed by atoms with van der Waals surface area (Å²) in [5, 5.41) is 10.4. The first-order valence-electron chi connectivity index (χ1n) is 5.06. The molecule has 1 unspecified atom stereocenters. The van der Waals surface area contributed by atoms with Crippen molar-refractivity contribution in [2.24, 2.45) is 5.92 Å². The number of carbonyl (C=O) groups is 1. The highest BCUT2D eigenvalue weighted by Crippen LogP contribution is 2.25. The Kier molecular flexibility index (Phi) is 5.57. The lowest BCUT2D eigenvalue weighted by Gasteiger charge is -2.09. The molecular formula is C10H14FN3OS2. The molecule has 0 aliphatic carbocycles. The van der Waals surface area contributed by atoms with E-state index < -0.39 is 12.1 Å². The minimum Gasteiger partial charge on any atom is -0.298 e. The summed E-state index contributed by atoms with van der Waals surface area (Å²) in [7, 11) is 0. The van der Waals surface area contributed by atoms with Gasteiger partial charge in [-0.05, 0) is 5.92 Å². The van der Waals surface area contributed by atoms with E-state index in [9.17, 15) is 9.18 Å². The maximum Gasteiger partial charge on any atom is 0.261 e. The molecular weight excluding hydrogens is 261 g/mol. The van der Waals surface area contributed by atoms with Crippen molar-refractivity contribution >= 4 is 34.1 Å². The molecule has 4 nitrogen and oxygen atoms in total. The lowest BCUT2D eigenvalue weighted by Crippen LogP contribution is -2.28. The van der Waals surface area contributed by atoms with Gasteiger partial charge in [-0.15, -0.1) is 16.8 Å². The standard InChI is InChI=1S/C10H14FN3OS2/c1-4-5-16-10-14-13-9(17-10)12-8(15)7(11)6(2)3/h4,6-7H,1,5H2,2-3H3,(H,12,13,15). The fourth-order valence-electron chi connectivity index (χ4n) is 0.926. The van der Waals surface area contributed by atoms with Crippen LogP contribution >= 0.6 is 23.1 Å². The molecule has 7 heteroatoms. The maximum atomic E-state index is 13.3.